The summed E-state index contributed by atoms with van der Waals surface area (Å²) in [5.41, 5.74) is -1.69. The minimum atomic E-state index is -2.19. The minimum absolute atomic E-state index is 0.0542. The van der Waals surface area contributed by atoms with E-state index >= 15 is 0 Å². The van der Waals surface area contributed by atoms with E-state index in [4.69, 9.17) is 0 Å². The van der Waals surface area contributed by atoms with E-state index < -0.39 is 17.0 Å². The van der Waals surface area contributed by atoms with E-state index in [1.807, 2.05) is 11.9 Å². The first kappa shape index (κ1) is 11.7. The summed E-state index contributed by atoms with van der Waals surface area (Å²) in [6, 6.07) is 0. The Morgan fingerprint density at radius 1 is 1.40 bits per heavy atom. The second-order valence-corrected chi connectivity index (χ2v) is 3.41. The molecule has 0 aliphatic carbocycles. The smallest absolute Gasteiger partial charge is 0.325 e. The molecule has 1 aromatic heterocycles. The van der Waals surface area contributed by atoms with Crippen LogP contribution in [0, 0.1) is 0 Å². The first-order valence-electron chi connectivity index (χ1n) is 4.74. The molecule has 1 rings (SSSR count). The van der Waals surface area contributed by atoms with Gasteiger partial charge in [-0.15, -0.1) is 0 Å². The molecule has 1 aromatic rings. The molecule has 0 amide bonds. The van der Waals surface area contributed by atoms with Crippen molar-refractivity contribution in [2.24, 2.45) is 0 Å². The average molecular weight is 214 g/mol. The van der Waals surface area contributed by atoms with E-state index in [2.05, 4.69) is 4.98 Å². The maximum Gasteiger partial charge on any atom is 0.325 e. The van der Waals surface area contributed by atoms with Crippen LogP contribution in [0.25, 0.3) is 0 Å². The van der Waals surface area contributed by atoms with Crippen molar-refractivity contribution >= 4 is 0 Å². The Morgan fingerprint density at radius 2 is 2.07 bits per heavy atom. The SMILES string of the molecule is CCCCC(O)(O)c1c[nH]c(=O)[nH]c1=O. The van der Waals surface area contributed by atoms with Gasteiger partial charge in [0.05, 0.1) is 5.56 Å². The molecule has 0 saturated carbocycles. The lowest BCUT2D eigenvalue weighted by Crippen LogP contribution is -2.36. The second-order valence-electron chi connectivity index (χ2n) is 3.41. The van der Waals surface area contributed by atoms with Crippen molar-refractivity contribution in [3.63, 3.8) is 0 Å². The van der Waals surface area contributed by atoms with Gasteiger partial charge in [0.15, 0.2) is 5.79 Å². The van der Waals surface area contributed by atoms with Gasteiger partial charge in [-0.1, -0.05) is 13.3 Å². The predicted octanol–water partition coefficient (Wildman–Crippen LogP) is -0.609. The van der Waals surface area contributed by atoms with Crippen molar-refractivity contribution in [1.82, 2.24) is 9.97 Å². The number of H-pyrrole nitrogens is 2. The van der Waals surface area contributed by atoms with Crippen LogP contribution < -0.4 is 11.2 Å². The third-order valence-corrected chi connectivity index (χ3v) is 2.13. The van der Waals surface area contributed by atoms with E-state index in [0.29, 0.717) is 6.42 Å². The van der Waals surface area contributed by atoms with Gasteiger partial charge in [0.25, 0.3) is 5.56 Å². The van der Waals surface area contributed by atoms with Crippen LogP contribution >= 0.6 is 0 Å². The van der Waals surface area contributed by atoms with Crippen LogP contribution in [-0.4, -0.2) is 20.2 Å². The van der Waals surface area contributed by atoms with Gasteiger partial charge in [0.2, 0.25) is 0 Å². The van der Waals surface area contributed by atoms with E-state index in [1.54, 1.807) is 0 Å². The molecule has 0 spiro atoms. The Labute approximate surface area is 85.6 Å². The number of unbranched alkanes of at least 4 members (excludes halogenated alkanes) is 1. The van der Waals surface area contributed by atoms with Crippen LogP contribution in [0.15, 0.2) is 15.8 Å². The predicted molar refractivity (Wildman–Crippen MR) is 53.3 cm³/mol. The molecule has 0 radical (unpaired) electrons. The van der Waals surface area contributed by atoms with Crippen LogP contribution in [0.5, 0.6) is 0 Å². The van der Waals surface area contributed by atoms with Gasteiger partial charge in [-0.25, -0.2) is 4.79 Å². The molecule has 0 fully saturated rings. The third kappa shape index (κ3) is 2.77. The number of aromatic amines is 2. The monoisotopic (exact) mass is 214 g/mol. The van der Waals surface area contributed by atoms with Crippen LogP contribution in [0.2, 0.25) is 0 Å². The standard InChI is InChI=1S/C9H14N2O4/c1-2-3-4-9(14,15)6-5-10-8(13)11-7(6)12/h5,14-15H,2-4H2,1H3,(H2,10,11,12,13). The molecule has 0 bridgehead atoms. The molecule has 6 nitrogen and oxygen atoms in total. The summed E-state index contributed by atoms with van der Waals surface area (Å²) in [6.07, 6.45) is 2.44. The highest BCUT2D eigenvalue weighted by Gasteiger charge is 2.28. The number of aliphatic hydroxyl groups is 2. The Bertz CT molecular complexity index is 432. The molecule has 0 aromatic carbocycles. The zero-order valence-electron chi connectivity index (χ0n) is 8.41. The number of nitrogens with one attached hydrogen (secondary N) is 2. The summed E-state index contributed by atoms with van der Waals surface area (Å²) < 4.78 is 0. The topological polar surface area (TPSA) is 106 Å². The zero-order chi connectivity index (χ0) is 11.5. The van der Waals surface area contributed by atoms with E-state index in [9.17, 15) is 19.8 Å². The Balaban J connectivity index is 3.04. The second kappa shape index (κ2) is 4.41. The van der Waals surface area contributed by atoms with Gasteiger partial charge in [-0.3, -0.25) is 9.78 Å². The Morgan fingerprint density at radius 3 is 2.60 bits per heavy atom. The van der Waals surface area contributed by atoms with Gasteiger partial charge in [0, 0.05) is 12.6 Å². The molecule has 1 heterocycles. The number of hydrogen-bond acceptors (Lipinski definition) is 4. The summed E-state index contributed by atoms with van der Waals surface area (Å²) in [5.74, 6) is -2.19. The first-order valence-corrected chi connectivity index (χ1v) is 4.74. The number of aromatic nitrogens is 2. The molecule has 84 valence electrons. The third-order valence-electron chi connectivity index (χ3n) is 2.13. The van der Waals surface area contributed by atoms with Crippen LogP contribution in [0.3, 0.4) is 0 Å². The highest BCUT2D eigenvalue weighted by Crippen LogP contribution is 2.19. The number of rotatable bonds is 4. The summed E-state index contributed by atoms with van der Waals surface area (Å²) in [6.45, 7) is 1.90. The summed E-state index contributed by atoms with van der Waals surface area (Å²) in [5, 5.41) is 19.2. The van der Waals surface area contributed by atoms with Gasteiger partial charge in [-0.2, -0.15) is 0 Å². The van der Waals surface area contributed by atoms with Crippen molar-refractivity contribution < 1.29 is 10.2 Å². The van der Waals surface area contributed by atoms with Crippen LogP contribution in [0.4, 0.5) is 0 Å². The molecule has 0 atom stereocenters. The molecule has 0 unspecified atom stereocenters. The van der Waals surface area contributed by atoms with Gasteiger partial charge < -0.3 is 15.2 Å². The molecule has 15 heavy (non-hydrogen) atoms. The Kier molecular flexibility index (Phi) is 3.43. The lowest BCUT2D eigenvalue weighted by atomic mass is 10.0. The zero-order valence-corrected chi connectivity index (χ0v) is 8.41. The Hall–Kier alpha value is -1.40. The minimum Gasteiger partial charge on any atom is -0.362 e. The van der Waals surface area contributed by atoms with Gasteiger partial charge in [0.1, 0.15) is 0 Å². The highest BCUT2D eigenvalue weighted by atomic mass is 16.5. The number of hydrogen-bond donors (Lipinski definition) is 4. The van der Waals surface area contributed by atoms with Crippen molar-refractivity contribution in [3.05, 3.63) is 32.6 Å². The van der Waals surface area contributed by atoms with Crippen molar-refractivity contribution in [1.29, 1.82) is 0 Å². The highest BCUT2D eigenvalue weighted by molar-refractivity contribution is 5.10. The summed E-state index contributed by atoms with van der Waals surface area (Å²) in [7, 11) is 0. The quantitative estimate of drug-likeness (QED) is 0.501. The fourth-order valence-electron chi connectivity index (χ4n) is 1.27. The normalized spacial score (nSPS) is 11.7. The van der Waals surface area contributed by atoms with Crippen molar-refractivity contribution in [2.75, 3.05) is 0 Å². The molecule has 0 aliphatic rings. The lowest BCUT2D eigenvalue weighted by Gasteiger charge is -2.20. The van der Waals surface area contributed by atoms with E-state index in [1.165, 1.54) is 0 Å². The lowest BCUT2D eigenvalue weighted by molar-refractivity contribution is -0.176. The molecular weight excluding hydrogens is 200 g/mol. The summed E-state index contributed by atoms with van der Waals surface area (Å²) >= 11 is 0. The van der Waals surface area contributed by atoms with Crippen LogP contribution in [-0.2, 0) is 5.79 Å². The molecule has 0 aliphatic heterocycles. The fraction of sp³-hybridized carbons (Fsp3) is 0.556. The average Bonchev–Trinajstić information content (AvgIpc) is 2.14. The van der Waals surface area contributed by atoms with Crippen molar-refractivity contribution in [2.45, 2.75) is 32.0 Å². The van der Waals surface area contributed by atoms with E-state index in [-0.39, 0.29) is 12.0 Å². The first-order chi connectivity index (χ1) is 6.97. The van der Waals surface area contributed by atoms with Gasteiger partial charge in [-0.05, 0) is 6.42 Å². The fourth-order valence-corrected chi connectivity index (χ4v) is 1.27. The van der Waals surface area contributed by atoms with E-state index in [0.717, 1.165) is 12.6 Å². The largest absolute Gasteiger partial charge is 0.362 e. The van der Waals surface area contributed by atoms with Gasteiger partial charge >= 0.3 is 5.69 Å². The molecule has 0 saturated heterocycles. The molecule has 4 N–H and O–H groups in total. The van der Waals surface area contributed by atoms with Crippen LogP contribution in [0.1, 0.15) is 31.7 Å². The maximum atomic E-state index is 11.3. The van der Waals surface area contributed by atoms with Crippen molar-refractivity contribution in [3.8, 4) is 0 Å². The molecule has 6 heteroatoms. The maximum absolute atomic E-state index is 11.3. The molecular formula is C9H14N2O4. The summed E-state index contributed by atoms with van der Waals surface area (Å²) in [4.78, 5) is 26.1.